The van der Waals surface area contributed by atoms with Crippen LogP contribution >= 0.6 is 27.5 Å². The second kappa shape index (κ2) is 4.82. The van der Waals surface area contributed by atoms with Crippen molar-refractivity contribution in [3.05, 3.63) is 52.3 Å². The molecule has 2 nitrogen and oxygen atoms in total. The number of benzene rings is 1. The lowest BCUT2D eigenvalue weighted by Gasteiger charge is -2.05. The van der Waals surface area contributed by atoms with Crippen molar-refractivity contribution in [1.82, 2.24) is 9.97 Å². The van der Waals surface area contributed by atoms with Crippen molar-refractivity contribution in [3.8, 4) is 11.4 Å². The number of aromatic nitrogens is 2. The molecule has 1 aliphatic rings. The van der Waals surface area contributed by atoms with E-state index in [0.717, 1.165) is 28.6 Å². The maximum Gasteiger partial charge on any atom is 0.161 e. The Labute approximate surface area is 119 Å². The molecule has 2 aromatic rings. The van der Waals surface area contributed by atoms with Crippen molar-refractivity contribution in [3.63, 3.8) is 0 Å². The maximum absolute atomic E-state index is 6.24. The molecule has 0 fully saturated rings. The Morgan fingerprint density at radius 2 is 1.94 bits per heavy atom. The van der Waals surface area contributed by atoms with Crippen molar-refractivity contribution in [2.45, 2.75) is 6.42 Å². The molecule has 0 amide bonds. The van der Waals surface area contributed by atoms with E-state index < -0.39 is 0 Å². The zero-order valence-corrected chi connectivity index (χ0v) is 11.9. The number of allylic oxidation sites excluding steroid dienone is 1. The molecule has 4 heteroatoms. The monoisotopic (exact) mass is 320 g/mol. The molecule has 1 aromatic heterocycles. The first kappa shape index (κ1) is 11.9. The molecule has 0 saturated heterocycles. The van der Waals surface area contributed by atoms with Crippen molar-refractivity contribution < 1.29 is 0 Å². The van der Waals surface area contributed by atoms with Crippen LogP contribution in [0.4, 0.5) is 0 Å². The van der Waals surface area contributed by atoms with Crippen LogP contribution in [0.2, 0.25) is 5.15 Å². The van der Waals surface area contributed by atoms with Crippen LogP contribution in [0.15, 0.2) is 35.9 Å². The van der Waals surface area contributed by atoms with Gasteiger partial charge in [-0.2, -0.15) is 0 Å². The van der Waals surface area contributed by atoms with Crippen LogP contribution in [-0.4, -0.2) is 15.3 Å². The molecule has 1 heterocycles. The first-order chi connectivity index (χ1) is 8.78. The van der Waals surface area contributed by atoms with Gasteiger partial charge in [-0.15, -0.1) is 0 Å². The Morgan fingerprint density at radius 3 is 2.67 bits per heavy atom. The third-order valence-electron chi connectivity index (χ3n) is 2.92. The van der Waals surface area contributed by atoms with Crippen molar-refractivity contribution >= 4 is 33.6 Å². The highest BCUT2D eigenvalue weighted by Crippen LogP contribution is 2.31. The summed E-state index contributed by atoms with van der Waals surface area (Å²) < 4.78 is 0. The SMILES string of the molecule is Clc1nc(-c2ccccc2)nc2c1C=C(CBr)C2. The number of alkyl halides is 1. The first-order valence-electron chi connectivity index (χ1n) is 5.65. The van der Waals surface area contributed by atoms with E-state index >= 15 is 0 Å². The van der Waals surface area contributed by atoms with E-state index in [1.807, 2.05) is 30.3 Å². The Kier molecular flexibility index (Phi) is 3.18. The molecule has 0 radical (unpaired) electrons. The van der Waals surface area contributed by atoms with Gasteiger partial charge in [-0.05, 0) is 6.08 Å². The molecule has 0 unspecified atom stereocenters. The minimum absolute atomic E-state index is 0.537. The van der Waals surface area contributed by atoms with Gasteiger partial charge in [0.1, 0.15) is 5.15 Å². The summed E-state index contributed by atoms with van der Waals surface area (Å²) in [5, 5.41) is 1.38. The zero-order chi connectivity index (χ0) is 12.5. The number of nitrogens with zero attached hydrogens (tertiary/aromatic N) is 2. The van der Waals surface area contributed by atoms with Gasteiger partial charge in [-0.1, -0.05) is 63.4 Å². The van der Waals surface area contributed by atoms with Crippen molar-refractivity contribution in [2.75, 3.05) is 5.33 Å². The maximum atomic E-state index is 6.24. The second-order valence-corrected chi connectivity index (χ2v) is 5.10. The van der Waals surface area contributed by atoms with Crippen LogP contribution < -0.4 is 0 Å². The predicted molar refractivity (Wildman–Crippen MR) is 78.0 cm³/mol. The third-order valence-corrected chi connectivity index (χ3v) is 3.93. The predicted octanol–water partition coefficient (Wildman–Crippen LogP) is 4.13. The van der Waals surface area contributed by atoms with Gasteiger partial charge in [0.2, 0.25) is 0 Å². The number of rotatable bonds is 2. The second-order valence-electron chi connectivity index (χ2n) is 4.18. The van der Waals surface area contributed by atoms with E-state index in [1.165, 1.54) is 5.57 Å². The molecule has 0 spiro atoms. The van der Waals surface area contributed by atoms with Gasteiger partial charge >= 0.3 is 0 Å². The van der Waals surface area contributed by atoms with Gasteiger partial charge in [0.05, 0.1) is 5.69 Å². The smallest absolute Gasteiger partial charge is 0.161 e. The van der Waals surface area contributed by atoms with Crippen molar-refractivity contribution in [1.29, 1.82) is 0 Å². The number of hydrogen-bond donors (Lipinski definition) is 0. The number of hydrogen-bond acceptors (Lipinski definition) is 2. The molecule has 0 saturated carbocycles. The van der Waals surface area contributed by atoms with Crippen LogP contribution in [0.1, 0.15) is 11.3 Å². The highest BCUT2D eigenvalue weighted by Gasteiger charge is 2.19. The standard InChI is InChI=1S/C14H10BrClN2/c15-8-9-6-11-12(7-9)17-14(18-13(11)16)10-4-2-1-3-5-10/h1-6H,7-8H2. The largest absolute Gasteiger partial charge is 0.232 e. The molecule has 18 heavy (non-hydrogen) atoms. The summed E-state index contributed by atoms with van der Waals surface area (Å²) in [6, 6.07) is 9.91. The van der Waals surface area contributed by atoms with Gasteiger partial charge in [0, 0.05) is 22.9 Å². The van der Waals surface area contributed by atoms with Gasteiger partial charge in [0.25, 0.3) is 0 Å². The van der Waals surface area contributed by atoms with E-state index in [1.54, 1.807) is 0 Å². The zero-order valence-electron chi connectivity index (χ0n) is 9.53. The van der Waals surface area contributed by atoms with Crippen LogP contribution in [0.25, 0.3) is 17.5 Å². The fraction of sp³-hybridized carbons (Fsp3) is 0.143. The Balaban J connectivity index is 2.07. The molecule has 0 N–H and O–H groups in total. The van der Waals surface area contributed by atoms with Crippen LogP contribution in [0, 0.1) is 0 Å². The summed E-state index contributed by atoms with van der Waals surface area (Å²) in [5.74, 6) is 0.698. The quantitative estimate of drug-likeness (QED) is 0.614. The van der Waals surface area contributed by atoms with Crippen LogP contribution in [0.5, 0.6) is 0 Å². The fourth-order valence-corrected chi connectivity index (χ4v) is 2.64. The molecule has 3 rings (SSSR count). The highest BCUT2D eigenvalue weighted by atomic mass is 79.9. The van der Waals surface area contributed by atoms with E-state index in [4.69, 9.17) is 11.6 Å². The lowest BCUT2D eigenvalue weighted by molar-refractivity contribution is 1.05. The lowest BCUT2D eigenvalue weighted by Crippen LogP contribution is -1.97. The molecular weight excluding hydrogens is 312 g/mol. The Hall–Kier alpha value is -1.19. The summed E-state index contributed by atoms with van der Waals surface area (Å²) in [5.41, 5.74) is 4.26. The molecule has 90 valence electrons. The van der Waals surface area contributed by atoms with Gasteiger partial charge in [-0.3, -0.25) is 0 Å². The molecule has 1 aliphatic carbocycles. The highest BCUT2D eigenvalue weighted by molar-refractivity contribution is 9.09. The molecule has 1 aromatic carbocycles. The van der Waals surface area contributed by atoms with Crippen molar-refractivity contribution in [2.24, 2.45) is 0 Å². The average molecular weight is 322 g/mol. The topological polar surface area (TPSA) is 25.8 Å². The summed E-state index contributed by atoms with van der Waals surface area (Å²) in [6.07, 6.45) is 2.92. The Bertz CT molecular complexity index is 623. The molecule has 0 bridgehead atoms. The van der Waals surface area contributed by atoms with Crippen LogP contribution in [-0.2, 0) is 6.42 Å². The van der Waals surface area contributed by atoms with E-state index in [2.05, 4.69) is 32.0 Å². The van der Waals surface area contributed by atoms with Gasteiger partial charge < -0.3 is 0 Å². The number of fused-ring (bicyclic) bond motifs is 1. The summed E-state index contributed by atoms with van der Waals surface area (Å²) in [6.45, 7) is 0. The van der Waals surface area contributed by atoms with E-state index in [-0.39, 0.29) is 0 Å². The Morgan fingerprint density at radius 1 is 1.17 bits per heavy atom. The summed E-state index contributed by atoms with van der Waals surface area (Å²) in [7, 11) is 0. The minimum Gasteiger partial charge on any atom is -0.232 e. The van der Waals surface area contributed by atoms with Crippen LogP contribution in [0.3, 0.4) is 0 Å². The lowest BCUT2D eigenvalue weighted by atomic mass is 10.2. The van der Waals surface area contributed by atoms with E-state index in [9.17, 15) is 0 Å². The molecule has 0 atom stereocenters. The summed E-state index contributed by atoms with van der Waals surface area (Å²) in [4.78, 5) is 8.99. The third kappa shape index (κ3) is 2.08. The first-order valence-corrected chi connectivity index (χ1v) is 7.15. The minimum atomic E-state index is 0.537. The van der Waals surface area contributed by atoms with Gasteiger partial charge in [0.15, 0.2) is 5.82 Å². The summed E-state index contributed by atoms with van der Waals surface area (Å²) >= 11 is 9.70. The number of halogens is 2. The van der Waals surface area contributed by atoms with E-state index in [0.29, 0.717) is 11.0 Å². The van der Waals surface area contributed by atoms with Gasteiger partial charge in [-0.25, -0.2) is 9.97 Å². The normalized spacial score (nSPS) is 13.3. The molecular formula is C14H10BrClN2. The molecule has 0 aliphatic heterocycles. The average Bonchev–Trinajstić information content (AvgIpc) is 2.83. The fourth-order valence-electron chi connectivity index (χ4n) is 2.04.